The number of amides is 2. The van der Waals surface area contributed by atoms with Crippen molar-refractivity contribution < 1.29 is 9.59 Å². The normalized spacial score (nSPS) is 15.9. The molecule has 0 spiro atoms. The fourth-order valence-electron chi connectivity index (χ4n) is 4.05. The SMILES string of the molecule is CC(C(=O)Nc1ccc(Cl)cc1)N1C(=O)/C(=C/c2c3ccccc3cc3ccccc23)SC1=S. The monoisotopic (exact) mass is 502 g/mol. The number of nitrogens with one attached hydrogen (secondary N) is 1. The van der Waals surface area contributed by atoms with Gasteiger partial charge in [0.1, 0.15) is 10.4 Å². The van der Waals surface area contributed by atoms with E-state index in [1.807, 2.05) is 30.3 Å². The van der Waals surface area contributed by atoms with Gasteiger partial charge >= 0.3 is 0 Å². The van der Waals surface area contributed by atoms with Crippen LogP contribution in [0, 0.1) is 0 Å². The summed E-state index contributed by atoms with van der Waals surface area (Å²) in [6.45, 7) is 1.67. The van der Waals surface area contributed by atoms with E-state index in [0.717, 1.165) is 27.1 Å². The summed E-state index contributed by atoms with van der Waals surface area (Å²) >= 11 is 12.6. The second-order valence-electron chi connectivity index (χ2n) is 7.96. The van der Waals surface area contributed by atoms with Gasteiger partial charge in [0.2, 0.25) is 5.91 Å². The van der Waals surface area contributed by atoms with E-state index in [-0.39, 0.29) is 11.8 Å². The molecule has 1 atom stereocenters. The number of benzene rings is 4. The number of rotatable bonds is 4. The zero-order chi connectivity index (χ0) is 23.8. The molecule has 1 saturated heterocycles. The van der Waals surface area contributed by atoms with Gasteiger partial charge in [0.05, 0.1) is 4.91 Å². The van der Waals surface area contributed by atoms with Crippen LogP contribution < -0.4 is 5.32 Å². The first-order chi connectivity index (χ1) is 16.4. The lowest BCUT2D eigenvalue weighted by Gasteiger charge is -2.22. The van der Waals surface area contributed by atoms with Crippen LogP contribution >= 0.6 is 35.6 Å². The van der Waals surface area contributed by atoms with Crippen molar-refractivity contribution in [1.82, 2.24) is 4.90 Å². The van der Waals surface area contributed by atoms with E-state index in [2.05, 4.69) is 35.6 Å². The Morgan fingerprint density at radius 2 is 1.59 bits per heavy atom. The smallest absolute Gasteiger partial charge is 0.266 e. The molecule has 5 rings (SSSR count). The van der Waals surface area contributed by atoms with Crippen LogP contribution in [0.2, 0.25) is 5.02 Å². The van der Waals surface area contributed by atoms with Crippen LogP contribution in [-0.4, -0.2) is 27.1 Å². The highest BCUT2D eigenvalue weighted by Crippen LogP contribution is 2.37. The highest BCUT2D eigenvalue weighted by atomic mass is 35.5. The molecule has 1 unspecified atom stereocenters. The average molecular weight is 503 g/mol. The summed E-state index contributed by atoms with van der Waals surface area (Å²) in [5.74, 6) is -0.596. The highest BCUT2D eigenvalue weighted by Gasteiger charge is 2.38. The van der Waals surface area contributed by atoms with Gasteiger partial charge in [-0.05, 0) is 70.4 Å². The van der Waals surface area contributed by atoms with Crippen LogP contribution in [0.5, 0.6) is 0 Å². The molecule has 1 N–H and O–H groups in total. The first-order valence-electron chi connectivity index (χ1n) is 10.7. The lowest BCUT2D eigenvalue weighted by atomic mass is 9.96. The first kappa shape index (κ1) is 22.6. The van der Waals surface area contributed by atoms with Crippen molar-refractivity contribution in [3.05, 3.63) is 94.4 Å². The Balaban J connectivity index is 1.48. The van der Waals surface area contributed by atoms with Crippen molar-refractivity contribution in [3.8, 4) is 0 Å². The van der Waals surface area contributed by atoms with E-state index in [1.54, 1.807) is 31.2 Å². The Morgan fingerprint density at radius 1 is 1.00 bits per heavy atom. The quantitative estimate of drug-likeness (QED) is 0.188. The van der Waals surface area contributed by atoms with Gasteiger partial charge in [-0.25, -0.2) is 0 Å². The van der Waals surface area contributed by atoms with Crippen molar-refractivity contribution >= 4 is 85.0 Å². The van der Waals surface area contributed by atoms with Gasteiger partial charge < -0.3 is 5.32 Å². The minimum absolute atomic E-state index is 0.272. The van der Waals surface area contributed by atoms with Crippen molar-refractivity contribution in [1.29, 1.82) is 0 Å². The number of hydrogen-bond acceptors (Lipinski definition) is 4. The van der Waals surface area contributed by atoms with Crippen molar-refractivity contribution in [2.75, 3.05) is 5.32 Å². The number of thioether (sulfide) groups is 1. The van der Waals surface area contributed by atoms with E-state index >= 15 is 0 Å². The van der Waals surface area contributed by atoms with Crippen molar-refractivity contribution in [3.63, 3.8) is 0 Å². The fourth-order valence-corrected chi connectivity index (χ4v) is 5.57. The molecular weight excluding hydrogens is 484 g/mol. The Kier molecular flexibility index (Phi) is 6.13. The summed E-state index contributed by atoms with van der Waals surface area (Å²) in [7, 11) is 0. The second-order valence-corrected chi connectivity index (χ2v) is 10.1. The van der Waals surface area contributed by atoms with Crippen LogP contribution in [0.3, 0.4) is 0 Å². The number of halogens is 1. The molecular formula is C27H19ClN2O2S2. The third kappa shape index (κ3) is 4.20. The minimum Gasteiger partial charge on any atom is -0.324 e. The van der Waals surface area contributed by atoms with E-state index < -0.39 is 6.04 Å². The van der Waals surface area contributed by atoms with Gasteiger partial charge in [-0.1, -0.05) is 84.1 Å². The summed E-state index contributed by atoms with van der Waals surface area (Å²) in [5.41, 5.74) is 1.57. The third-order valence-electron chi connectivity index (χ3n) is 5.79. The Morgan fingerprint density at radius 3 is 2.21 bits per heavy atom. The van der Waals surface area contributed by atoms with E-state index in [0.29, 0.717) is 19.9 Å². The molecule has 0 saturated carbocycles. The number of carbonyl (C=O) groups is 2. The number of hydrogen-bond donors (Lipinski definition) is 1. The molecule has 0 aliphatic carbocycles. The molecule has 4 aromatic carbocycles. The van der Waals surface area contributed by atoms with Gasteiger partial charge in [0.25, 0.3) is 5.91 Å². The van der Waals surface area contributed by atoms with Gasteiger partial charge in [-0.2, -0.15) is 0 Å². The molecule has 1 aliphatic rings. The Bertz CT molecular complexity index is 1440. The predicted octanol–water partition coefficient (Wildman–Crippen LogP) is 6.87. The summed E-state index contributed by atoms with van der Waals surface area (Å²) in [5, 5.41) is 7.70. The van der Waals surface area contributed by atoms with Gasteiger partial charge in [0, 0.05) is 10.7 Å². The van der Waals surface area contributed by atoms with E-state index in [1.165, 1.54) is 16.7 Å². The Hall–Kier alpha value is -3.19. The van der Waals surface area contributed by atoms with Crippen LogP contribution in [0.15, 0.2) is 83.8 Å². The van der Waals surface area contributed by atoms with Crippen LogP contribution in [-0.2, 0) is 9.59 Å². The number of nitrogens with zero attached hydrogens (tertiary/aromatic N) is 1. The molecule has 1 fully saturated rings. The molecule has 0 radical (unpaired) electrons. The summed E-state index contributed by atoms with van der Waals surface area (Å²) in [4.78, 5) is 28.1. The second kappa shape index (κ2) is 9.22. The number of fused-ring (bicyclic) bond motifs is 2. The standard InChI is InChI=1S/C27H19ClN2O2S2/c1-16(25(31)29-20-12-10-19(28)11-13-20)30-26(32)24(34-27(30)33)15-23-21-8-4-2-6-17(21)14-18-7-3-5-9-22(18)23/h2-16H,1H3,(H,29,31)/b24-15-. The Labute approximate surface area is 211 Å². The topological polar surface area (TPSA) is 49.4 Å². The highest BCUT2D eigenvalue weighted by molar-refractivity contribution is 8.26. The summed E-state index contributed by atoms with van der Waals surface area (Å²) < 4.78 is 0.361. The molecule has 4 aromatic rings. The molecule has 0 bridgehead atoms. The van der Waals surface area contributed by atoms with Crippen LogP contribution in [0.25, 0.3) is 27.6 Å². The lowest BCUT2D eigenvalue weighted by Crippen LogP contribution is -2.44. The summed E-state index contributed by atoms with van der Waals surface area (Å²) in [6, 6.07) is 24.4. The number of carbonyl (C=O) groups excluding carboxylic acids is 2. The van der Waals surface area contributed by atoms with E-state index in [4.69, 9.17) is 23.8 Å². The first-order valence-corrected chi connectivity index (χ1v) is 12.3. The molecule has 0 aromatic heterocycles. The zero-order valence-corrected chi connectivity index (χ0v) is 20.5. The van der Waals surface area contributed by atoms with Crippen LogP contribution in [0.1, 0.15) is 12.5 Å². The lowest BCUT2D eigenvalue weighted by molar-refractivity contribution is -0.129. The van der Waals surface area contributed by atoms with Gasteiger partial charge in [-0.15, -0.1) is 0 Å². The average Bonchev–Trinajstić information content (AvgIpc) is 3.12. The van der Waals surface area contributed by atoms with Gasteiger partial charge in [-0.3, -0.25) is 14.5 Å². The van der Waals surface area contributed by atoms with Crippen LogP contribution in [0.4, 0.5) is 5.69 Å². The van der Waals surface area contributed by atoms with Crippen molar-refractivity contribution in [2.24, 2.45) is 0 Å². The fraction of sp³-hybridized carbons (Fsp3) is 0.0741. The zero-order valence-electron chi connectivity index (χ0n) is 18.1. The maximum absolute atomic E-state index is 13.4. The van der Waals surface area contributed by atoms with E-state index in [9.17, 15) is 9.59 Å². The third-order valence-corrected chi connectivity index (χ3v) is 7.37. The predicted molar refractivity (Wildman–Crippen MR) is 146 cm³/mol. The van der Waals surface area contributed by atoms with Crippen molar-refractivity contribution in [2.45, 2.75) is 13.0 Å². The summed E-state index contributed by atoms with van der Waals surface area (Å²) in [6.07, 6.45) is 1.90. The largest absolute Gasteiger partial charge is 0.324 e. The number of anilines is 1. The maximum Gasteiger partial charge on any atom is 0.266 e. The molecule has 2 amide bonds. The molecule has 7 heteroatoms. The molecule has 1 aliphatic heterocycles. The number of thiocarbonyl (C=S) groups is 1. The molecule has 168 valence electrons. The van der Waals surface area contributed by atoms with Gasteiger partial charge in [0.15, 0.2) is 0 Å². The molecule has 1 heterocycles. The molecule has 34 heavy (non-hydrogen) atoms. The minimum atomic E-state index is -0.765. The molecule has 4 nitrogen and oxygen atoms in total. The maximum atomic E-state index is 13.4.